The maximum Gasteiger partial charge on any atom is 0.239 e. The van der Waals surface area contributed by atoms with Gasteiger partial charge in [0.25, 0.3) is 0 Å². The topological polar surface area (TPSA) is 71.4 Å². The number of nitrogens with zero attached hydrogens (tertiary/aromatic N) is 3. The second-order valence-corrected chi connectivity index (χ2v) is 8.15. The Hall–Kier alpha value is -2.17. The number of anilines is 1. The molecule has 0 spiro atoms. The second kappa shape index (κ2) is 8.46. The van der Waals surface area contributed by atoms with Crippen LogP contribution in [0.15, 0.2) is 24.3 Å². The quantitative estimate of drug-likeness (QED) is 0.820. The number of likely N-dealkylation sites (tertiary alicyclic amines) is 1. The summed E-state index contributed by atoms with van der Waals surface area (Å²) >= 11 is 0. The summed E-state index contributed by atoms with van der Waals surface area (Å²) < 4.78 is 13.4. The van der Waals surface area contributed by atoms with Gasteiger partial charge in [-0.15, -0.1) is 0 Å². The maximum absolute atomic E-state index is 13.4. The zero-order valence-corrected chi connectivity index (χ0v) is 16.1. The average molecular weight is 385 g/mol. The molecule has 1 unspecified atom stereocenters. The van der Waals surface area contributed by atoms with E-state index in [9.17, 15) is 9.18 Å². The molecule has 0 radical (unpaired) electrons. The fourth-order valence-electron chi connectivity index (χ4n) is 4.57. The standard InChI is InChI=1S/C21H28FN5O/c22-16-5-8-27(14-16)21(28)20-11-18(13-24-20)25-17-6-9-26(10-7-17)19-3-1-15(12-23)2-4-19/h1-4,16-18,20,24-25H,5-11,13-14H2/t16?,18-,20-/m0/s1. The molecule has 4 rings (SSSR count). The highest BCUT2D eigenvalue weighted by Crippen LogP contribution is 2.22. The van der Waals surface area contributed by atoms with Crippen molar-refractivity contribution < 1.29 is 9.18 Å². The highest BCUT2D eigenvalue weighted by atomic mass is 19.1. The normalized spacial score (nSPS) is 28.5. The van der Waals surface area contributed by atoms with Crippen molar-refractivity contribution in [3.05, 3.63) is 29.8 Å². The summed E-state index contributed by atoms with van der Waals surface area (Å²) in [6.45, 7) is 3.56. The van der Waals surface area contributed by atoms with E-state index in [4.69, 9.17) is 5.26 Å². The lowest BCUT2D eigenvalue weighted by Crippen LogP contribution is -2.47. The monoisotopic (exact) mass is 385 g/mol. The molecule has 3 aliphatic rings. The number of nitriles is 1. The number of nitrogens with one attached hydrogen (secondary N) is 2. The first-order valence-corrected chi connectivity index (χ1v) is 10.3. The highest BCUT2D eigenvalue weighted by Gasteiger charge is 2.36. The van der Waals surface area contributed by atoms with Crippen LogP contribution < -0.4 is 15.5 Å². The average Bonchev–Trinajstić information content (AvgIpc) is 3.37. The number of carbonyl (C=O) groups is 1. The third-order valence-corrected chi connectivity index (χ3v) is 6.20. The number of piperidine rings is 1. The zero-order chi connectivity index (χ0) is 19.5. The van der Waals surface area contributed by atoms with Gasteiger partial charge in [0.15, 0.2) is 0 Å². The lowest BCUT2D eigenvalue weighted by molar-refractivity contribution is -0.132. The SMILES string of the molecule is N#Cc1ccc(N2CCC(N[C@@H]3CN[C@H](C(=O)N4CCC(F)C4)C3)CC2)cc1. The number of halogens is 1. The molecule has 7 heteroatoms. The van der Waals surface area contributed by atoms with Gasteiger partial charge in [-0.05, 0) is 49.9 Å². The molecule has 0 bridgehead atoms. The van der Waals surface area contributed by atoms with Crippen molar-refractivity contribution in [2.45, 2.75) is 50.0 Å². The Bertz CT molecular complexity index is 725. The first kappa shape index (κ1) is 19.2. The first-order valence-electron chi connectivity index (χ1n) is 10.3. The summed E-state index contributed by atoms with van der Waals surface area (Å²) in [5.74, 6) is 0.0556. The number of hydrogen-bond acceptors (Lipinski definition) is 5. The van der Waals surface area contributed by atoms with Gasteiger partial charge in [0.05, 0.1) is 24.2 Å². The Morgan fingerprint density at radius 3 is 2.54 bits per heavy atom. The number of carbonyl (C=O) groups excluding carboxylic acids is 1. The Morgan fingerprint density at radius 2 is 1.89 bits per heavy atom. The van der Waals surface area contributed by atoms with Crippen LogP contribution in [0, 0.1) is 11.3 Å². The summed E-state index contributed by atoms with van der Waals surface area (Å²) in [7, 11) is 0. The molecule has 6 nitrogen and oxygen atoms in total. The molecule has 3 heterocycles. The van der Waals surface area contributed by atoms with Crippen molar-refractivity contribution in [1.29, 1.82) is 5.26 Å². The zero-order valence-electron chi connectivity index (χ0n) is 16.1. The Balaban J connectivity index is 1.22. The van der Waals surface area contributed by atoms with E-state index in [1.165, 1.54) is 5.69 Å². The van der Waals surface area contributed by atoms with E-state index in [0.717, 1.165) is 38.9 Å². The highest BCUT2D eigenvalue weighted by molar-refractivity contribution is 5.82. The molecule has 3 aliphatic heterocycles. The molecule has 1 aromatic carbocycles. The van der Waals surface area contributed by atoms with Crippen LogP contribution in [0.2, 0.25) is 0 Å². The summed E-state index contributed by atoms with van der Waals surface area (Å²) in [5.41, 5.74) is 1.86. The molecule has 1 aromatic rings. The van der Waals surface area contributed by atoms with Crippen molar-refractivity contribution in [1.82, 2.24) is 15.5 Å². The Kier molecular flexibility index (Phi) is 5.79. The van der Waals surface area contributed by atoms with Gasteiger partial charge >= 0.3 is 0 Å². The molecule has 150 valence electrons. The second-order valence-electron chi connectivity index (χ2n) is 8.15. The maximum atomic E-state index is 13.4. The molecule has 3 atom stereocenters. The van der Waals surface area contributed by atoms with Gasteiger partial charge in [0.1, 0.15) is 6.17 Å². The molecule has 3 fully saturated rings. The molecule has 0 aromatic heterocycles. The number of benzene rings is 1. The van der Waals surface area contributed by atoms with Crippen molar-refractivity contribution in [2.24, 2.45) is 0 Å². The van der Waals surface area contributed by atoms with Gasteiger partial charge in [-0.25, -0.2) is 4.39 Å². The van der Waals surface area contributed by atoms with Gasteiger partial charge in [-0.2, -0.15) is 5.26 Å². The van der Waals surface area contributed by atoms with Crippen molar-refractivity contribution in [3.8, 4) is 6.07 Å². The Morgan fingerprint density at radius 1 is 1.14 bits per heavy atom. The van der Waals surface area contributed by atoms with E-state index in [1.54, 1.807) is 4.90 Å². The van der Waals surface area contributed by atoms with E-state index in [-0.39, 0.29) is 18.5 Å². The van der Waals surface area contributed by atoms with Crippen LogP contribution in [0.5, 0.6) is 0 Å². The molecule has 0 saturated carbocycles. The van der Waals surface area contributed by atoms with Crippen LogP contribution in [0.3, 0.4) is 0 Å². The lowest BCUT2D eigenvalue weighted by Gasteiger charge is -2.35. The van der Waals surface area contributed by atoms with Gasteiger partial charge in [-0.1, -0.05) is 0 Å². The number of amides is 1. The van der Waals surface area contributed by atoms with Gasteiger partial charge in [0, 0.05) is 44.0 Å². The molecular weight excluding hydrogens is 357 g/mol. The van der Waals surface area contributed by atoms with Gasteiger partial charge < -0.3 is 20.4 Å². The lowest BCUT2D eigenvalue weighted by atomic mass is 10.0. The fourth-order valence-corrected chi connectivity index (χ4v) is 4.57. The van der Waals surface area contributed by atoms with Crippen molar-refractivity contribution in [3.63, 3.8) is 0 Å². The van der Waals surface area contributed by atoms with Gasteiger partial charge in [-0.3, -0.25) is 4.79 Å². The minimum absolute atomic E-state index is 0.0556. The molecule has 1 amide bonds. The van der Waals surface area contributed by atoms with Crippen molar-refractivity contribution in [2.75, 3.05) is 37.6 Å². The van der Waals surface area contributed by atoms with Crippen LogP contribution in [-0.4, -0.2) is 67.8 Å². The third kappa shape index (κ3) is 4.29. The van der Waals surface area contributed by atoms with Crippen molar-refractivity contribution >= 4 is 11.6 Å². The van der Waals surface area contributed by atoms with Crippen LogP contribution in [0.25, 0.3) is 0 Å². The van der Waals surface area contributed by atoms with E-state index < -0.39 is 6.17 Å². The minimum Gasteiger partial charge on any atom is -0.371 e. The number of hydrogen-bond donors (Lipinski definition) is 2. The summed E-state index contributed by atoms with van der Waals surface area (Å²) in [5, 5.41) is 16.0. The van der Waals surface area contributed by atoms with E-state index >= 15 is 0 Å². The summed E-state index contributed by atoms with van der Waals surface area (Å²) in [6, 6.07) is 10.5. The number of alkyl halides is 1. The van der Waals surface area contributed by atoms with E-state index in [2.05, 4.69) is 21.6 Å². The van der Waals surface area contributed by atoms with Gasteiger partial charge in [0.2, 0.25) is 5.91 Å². The predicted molar refractivity (Wildman–Crippen MR) is 106 cm³/mol. The fraction of sp³-hybridized carbons (Fsp3) is 0.619. The summed E-state index contributed by atoms with van der Waals surface area (Å²) in [4.78, 5) is 16.5. The van der Waals surface area contributed by atoms with E-state index in [1.807, 2.05) is 24.3 Å². The molecule has 0 aliphatic carbocycles. The minimum atomic E-state index is -0.861. The molecule has 3 saturated heterocycles. The van der Waals surface area contributed by atoms with Crippen LogP contribution >= 0.6 is 0 Å². The summed E-state index contributed by atoms with van der Waals surface area (Å²) in [6.07, 6.45) is 2.51. The third-order valence-electron chi connectivity index (χ3n) is 6.20. The number of rotatable bonds is 4. The van der Waals surface area contributed by atoms with Crippen LogP contribution in [0.4, 0.5) is 10.1 Å². The smallest absolute Gasteiger partial charge is 0.239 e. The molecule has 2 N–H and O–H groups in total. The molecular formula is C21H28FN5O. The molecule has 28 heavy (non-hydrogen) atoms. The van der Waals surface area contributed by atoms with Crippen LogP contribution in [-0.2, 0) is 4.79 Å². The first-order chi connectivity index (χ1) is 13.6. The van der Waals surface area contributed by atoms with E-state index in [0.29, 0.717) is 30.6 Å². The predicted octanol–water partition coefficient (Wildman–Crippen LogP) is 1.42. The Labute approximate surface area is 165 Å². The largest absolute Gasteiger partial charge is 0.371 e. The van der Waals surface area contributed by atoms with Crippen LogP contribution in [0.1, 0.15) is 31.2 Å².